The molecule has 0 radical (unpaired) electrons. The van der Waals surface area contributed by atoms with Gasteiger partial charge in [0.05, 0.1) is 32.8 Å². The summed E-state index contributed by atoms with van der Waals surface area (Å²) in [6, 6.07) is 0. The van der Waals surface area contributed by atoms with E-state index in [0.29, 0.717) is 13.0 Å². The zero-order chi connectivity index (χ0) is 20.9. The summed E-state index contributed by atoms with van der Waals surface area (Å²) in [5, 5.41) is 32.7. The minimum absolute atomic E-state index is 0. The zero-order valence-corrected chi connectivity index (χ0v) is 19.6. The van der Waals surface area contributed by atoms with Gasteiger partial charge in [0.15, 0.2) is 0 Å². The fourth-order valence-corrected chi connectivity index (χ4v) is 3.15. The van der Waals surface area contributed by atoms with Crippen LogP contribution in [-0.2, 0) is 14.4 Å². The van der Waals surface area contributed by atoms with Gasteiger partial charge in [-0.05, 0) is 26.7 Å². The molecule has 1 amide bonds. The number of rotatable bonds is 15. The van der Waals surface area contributed by atoms with Crippen molar-refractivity contribution in [2.75, 3.05) is 39.3 Å². The largest absolute Gasteiger partial charge is 1.00 e. The molecule has 3 unspecified atom stereocenters. The Morgan fingerprint density at radius 1 is 1.14 bits per heavy atom. The molecule has 156 valence electrons. The number of hydrogen-bond acceptors (Lipinski definition) is 5. The van der Waals surface area contributed by atoms with Crippen LogP contribution in [0.4, 0.5) is 0 Å². The predicted octanol–water partition coefficient (Wildman–Crippen LogP) is -3.23. The summed E-state index contributed by atoms with van der Waals surface area (Å²) in [6.07, 6.45) is 5.88. The number of aliphatic hydroxyl groups excluding tert-OH is 1. The van der Waals surface area contributed by atoms with Crippen molar-refractivity contribution in [1.29, 1.82) is 0 Å². The Kier molecular flexibility index (Phi) is 16.7. The summed E-state index contributed by atoms with van der Waals surface area (Å²) in [5.74, 6) is -3.80. The van der Waals surface area contributed by atoms with Crippen molar-refractivity contribution in [3.05, 3.63) is 12.2 Å². The summed E-state index contributed by atoms with van der Waals surface area (Å²) < 4.78 is 0.0952. The third-order valence-electron chi connectivity index (χ3n) is 4.64. The minimum atomic E-state index is -1.22. The normalized spacial score (nSPS) is 15.3. The number of aliphatic hydroxyl groups is 1. The van der Waals surface area contributed by atoms with Gasteiger partial charge in [0.2, 0.25) is 5.91 Å². The Balaban J connectivity index is 0. The van der Waals surface area contributed by atoms with Crippen molar-refractivity contribution in [1.82, 2.24) is 5.32 Å². The van der Waals surface area contributed by atoms with Crippen molar-refractivity contribution in [3.63, 3.8) is 0 Å². The Morgan fingerprint density at radius 3 is 2.25 bits per heavy atom. The fraction of sp³-hybridized carbons (Fsp3) is 0.737. The summed E-state index contributed by atoms with van der Waals surface area (Å²) in [6.45, 7) is 5.93. The van der Waals surface area contributed by atoms with Crippen LogP contribution in [0.1, 0.15) is 40.0 Å². The van der Waals surface area contributed by atoms with Crippen LogP contribution in [0.2, 0.25) is 0 Å². The molecule has 0 aliphatic heterocycles. The summed E-state index contributed by atoms with van der Waals surface area (Å²) >= 11 is 0. The molecule has 28 heavy (non-hydrogen) atoms. The van der Waals surface area contributed by atoms with Gasteiger partial charge in [-0.1, -0.05) is 19.1 Å². The third kappa shape index (κ3) is 12.5. The Morgan fingerprint density at radius 2 is 1.75 bits per heavy atom. The van der Waals surface area contributed by atoms with E-state index < -0.39 is 23.8 Å². The van der Waals surface area contributed by atoms with E-state index in [1.54, 1.807) is 6.92 Å². The monoisotopic (exact) mass is 409 g/mol. The van der Waals surface area contributed by atoms with Crippen LogP contribution in [0.15, 0.2) is 12.2 Å². The van der Waals surface area contributed by atoms with Crippen molar-refractivity contribution in [2.45, 2.75) is 40.0 Å². The van der Waals surface area contributed by atoms with Crippen LogP contribution >= 0.6 is 0 Å². The maximum atomic E-state index is 11.9. The van der Waals surface area contributed by atoms with E-state index in [2.05, 4.69) is 5.32 Å². The number of carbonyl (C=O) groups is 3. The first-order valence-corrected chi connectivity index (χ1v) is 9.45. The average molecular weight is 409 g/mol. The van der Waals surface area contributed by atoms with E-state index >= 15 is 0 Å². The first-order chi connectivity index (χ1) is 12.7. The van der Waals surface area contributed by atoms with E-state index in [-0.39, 0.29) is 72.7 Å². The molecular formula is C19H34N2NaO6+. The number of amides is 1. The van der Waals surface area contributed by atoms with Gasteiger partial charge in [-0.25, -0.2) is 0 Å². The van der Waals surface area contributed by atoms with Crippen molar-refractivity contribution in [3.8, 4) is 0 Å². The van der Waals surface area contributed by atoms with Gasteiger partial charge in [0, 0.05) is 18.3 Å². The molecule has 3 N–H and O–H groups in total. The first-order valence-electron chi connectivity index (χ1n) is 9.45. The number of aliphatic carboxylic acids is 2. The zero-order valence-electron chi connectivity index (χ0n) is 17.6. The second kappa shape index (κ2) is 15.9. The van der Waals surface area contributed by atoms with Gasteiger partial charge in [0.1, 0.15) is 12.5 Å². The van der Waals surface area contributed by atoms with Crippen LogP contribution in [0.5, 0.6) is 0 Å². The Hall–Kier alpha value is -0.930. The van der Waals surface area contributed by atoms with E-state index in [1.165, 1.54) is 6.92 Å². The van der Waals surface area contributed by atoms with Gasteiger partial charge in [0.25, 0.3) is 0 Å². The maximum Gasteiger partial charge on any atom is 1.00 e. The van der Waals surface area contributed by atoms with Gasteiger partial charge in [-0.2, -0.15) is 0 Å². The second-order valence-corrected chi connectivity index (χ2v) is 7.15. The summed E-state index contributed by atoms with van der Waals surface area (Å²) in [7, 11) is 0. The van der Waals surface area contributed by atoms with Crippen molar-refractivity contribution < 1.29 is 63.7 Å². The van der Waals surface area contributed by atoms with Crippen LogP contribution in [0.25, 0.3) is 0 Å². The van der Waals surface area contributed by atoms with Crippen LogP contribution in [0, 0.1) is 11.8 Å². The third-order valence-corrected chi connectivity index (χ3v) is 4.64. The predicted molar refractivity (Wildman–Crippen MR) is 99.5 cm³/mol. The molecule has 0 aliphatic rings. The minimum Gasteiger partial charge on any atom is -0.550 e. The number of carboxylic acid groups (broad SMARTS) is 2. The fourth-order valence-electron chi connectivity index (χ4n) is 3.15. The first kappa shape index (κ1) is 29.3. The number of nitrogens with zero attached hydrogens (tertiary/aromatic N) is 1. The summed E-state index contributed by atoms with van der Waals surface area (Å²) in [5.41, 5.74) is 0. The van der Waals surface area contributed by atoms with E-state index in [4.69, 9.17) is 0 Å². The van der Waals surface area contributed by atoms with E-state index in [0.717, 1.165) is 12.8 Å². The number of carboxylic acids is 2. The second-order valence-electron chi connectivity index (χ2n) is 7.15. The number of allylic oxidation sites excluding steroid dienone is 2. The number of hydrogen-bond donors (Lipinski definition) is 3. The molecule has 0 bridgehead atoms. The molecule has 0 spiro atoms. The van der Waals surface area contributed by atoms with Gasteiger partial charge in [-0.15, -0.1) is 0 Å². The number of quaternary nitrogens is 1. The Labute approximate surface area is 189 Å². The van der Waals surface area contributed by atoms with Crippen LogP contribution in [-0.4, -0.2) is 71.9 Å². The smallest absolute Gasteiger partial charge is 0.550 e. The van der Waals surface area contributed by atoms with Crippen LogP contribution < -0.4 is 40.0 Å². The van der Waals surface area contributed by atoms with E-state index in [1.807, 2.05) is 19.1 Å². The molecule has 3 atom stereocenters. The number of unbranched alkanes of at least 4 members (excludes halogenated alkanes) is 1. The molecule has 0 saturated heterocycles. The van der Waals surface area contributed by atoms with Crippen LogP contribution in [0.3, 0.4) is 0 Å². The van der Waals surface area contributed by atoms with Gasteiger partial charge in [-0.3, -0.25) is 9.59 Å². The molecule has 0 rings (SSSR count). The van der Waals surface area contributed by atoms with Gasteiger partial charge >= 0.3 is 35.5 Å². The van der Waals surface area contributed by atoms with Gasteiger partial charge < -0.3 is 29.9 Å². The van der Waals surface area contributed by atoms with E-state index in [9.17, 15) is 29.7 Å². The van der Waals surface area contributed by atoms with Crippen molar-refractivity contribution in [2.24, 2.45) is 11.8 Å². The molecule has 0 heterocycles. The summed E-state index contributed by atoms with van der Waals surface area (Å²) in [4.78, 5) is 34.4. The molecule has 0 aromatic rings. The SMILES string of the molecule is C/C=C/CCCC(=O)NCC[N+](CCO)(CC(C)C(=O)[O-])CC(C)C(=O)O.[Na+]. The quantitative estimate of drug-likeness (QED) is 0.113. The molecule has 0 aliphatic carbocycles. The standard InChI is InChI=1S/C19H34N2O6.Na/c1-4-5-6-7-8-17(23)20-9-10-21(11-12-22,13-15(2)18(24)25)14-16(3)19(26)27;/h4-5,15-16,22H,6-14H2,1-3H3,(H2-,20,23,24,25,26,27);/q;+1/b5-4+;. The van der Waals surface area contributed by atoms with Crippen molar-refractivity contribution >= 4 is 17.8 Å². The maximum absolute atomic E-state index is 11.9. The number of carbonyl (C=O) groups excluding carboxylic acids is 2. The molecule has 0 aromatic carbocycles. The molecule has 0 aromatic heterocycles. The topological polar surface area (TPSA) is 127 Å². The molecule has 8 nitrogen and oxygen atoms in total. The number of nitrogens with one attached hydrogen (secondary N) is 1. The molecule has 0 saturated carbocycles. The molecule has 9 heteroatoms. The average Bonchev–Trinajstić information content (AvgIpc) is 2.58. The molecule has 0 fully saturated rings. The Bertz CT molecular complexity index is 491. The molecular weight excluding hydrogens is 375 g/mol.